The number of rotatable bonds is 5. The maximum atomic E-state index is 12.2. The average Bonchev–Trinajstić information content (AvgIpc) is 3.17. The largest absolute Gasteiger partial charge is 0.435 e. The van der Waals surface area contributed by atoms with Gasteiger partial charge in [-0.3, -0.25) is 9.78 Å². The van der Waals surface area contributed by atoms with Crippen molar-refractivity contribution < 1.29 is 18.8 Å². The van der Waals surface area contributed by atoms with Crippen LogP contribution in [0.1, 0.15) is 60.8 Å². The number of nitrogens with one attached hydrogen (secondary N) is 2. The second-order valence-electron chi connectivity index (χ2n) is 8.16. The van der Waals surface area contributed by atoms with Gasteiger partial charge in [0.25, 0.3) is 5.91 Å². The summed E-state index contributed by atoms with van der Waals surface area (Å²) in [6, 6.07) is 5.14. The first-order valence-corrected chi connectivity index (χ1v) is 10.7. The van der Waals surface area contributed by atoms with Gasteiger partial charge in [0.2, 0.25) is 5.76 Å². The van der Waals surface area contributed by atoms with Crippen molar-refractivity contribution in [1.29, 1.82) is 0 Å². The molecule has 1 saturated carbocycles. The van der Waals surface area contributed by atoms with Gasteiger partial charge in [0.1, 0.15) is 5.71 Å². The second kappa shape index (κ2) is 8.66. The summed E-state index contributed by atoms with van der Waals surface area (Å²) in [5.74, 6) is 0.130. The van der Waals surface area contributed by atoms with E-state index in [4.69, 9.17) is 20.9 Å². The number of amides is 2. The zero-order chi connectivity index (χ0) is 22.0. The van der Waals surface area contributed by atoms with Crippen molar-refractivity contribution in [1.82, 2.24) is 20.9 Å². The number of carbonyl (C=O) groups is 2. The van der Waals surface area contributed by atoms with Crippen molar-refractivity contribution in [2.24, 2.45) is 11.0 Å². The third kappa shape index (κ3) is 4.56. The normalized spacial score (nSPS) is 24.2. The highest BCUT2D eigenvalue weighted by molar-refractivity contribution is 6.29. The summed E-state index contributed by atoms with van der Waals surface area (Å²) < 4.78 is 10.7. The number of aromatic nitrogens is 2. The summed E-state index contributed by atoms with van der Waals surface area (Å²) in [6.45, 7) is 3.87. The lowest BCUT2D eigenvalue weighted by Gasteiger charge is -2.42. The van der Waals surface area contributed by atoms with E-state index in [1.165, 1.54) is 6.07 Å². The minimum atomic E-state index is -0.754. The fourth-order valence-corrected chi connectivity index (χ4v) is 4.56. The molecule has 0 aromatic carbocycles. The first-order valence-electron chi connectivity index (χ1n) is 10.3. The number of nitrogens with zero attached hydrogens (tertiary/aromatic N) is 3. The molecule has 2 aliphatic rings. The van der Waals surface area contributed by atoms with Crippen molar-refractivity contribution in [3.8, 4) is 0 Å². The first-order chi connectivity index (χ1) is 14.9. The number of pyridine rings is 1. The molecular weight excluding hydrogens is 422 g/mol. The summed E-state index contributed by atoms with van der Waals surface area (Å²) in [5.41, 5.74) is 4.13. The van der Waals surface area contributed by atoms with Crippen LogP contribution in [-0.4, -0.2) is 39.5 Å². The fraction of sp³-hybridized carbons (Fsp3) is 0.476. The molecule has 2 amide bonds. The second-order valence-corrected chi connectivity index (χ2v) is 8.55. The van der Waals surface area contributed by atoms with Crippen LogP contribution in [0.2, 0.25) is 5.15 Å². The molecule has 1 fully saturated rings. The van der Waals surface area contributed by atoms with Gasteiger partial charge in [-0.05, 0) is 64.0 Å². The molecule has 4 rings (SSSR count). The number of hydrogen-bond donors (Lipinski definition) is 2. The van der Waals surface area contributed by atoms with Crippen LogP contribution in [-0.2, 0) is 4.74 Å². The number of ether oxygens (including phenoxy) is 1. The predicted molar refractivity (Wildman–Crippen MR) is 113 cm³/mol. The topological polar surface area (TPSA) is 119 Å². The SMILES string of the molecule is Cc1ncccc1C1=NNC(=O)OC12CCC(C[C@H](C)NC(=O)c1cc(Cl)no1)CC2. The molecule has 1 atom stereocenters. The van der Waals surface area contributed by atoms with Crippen LogP contribution >= 0.6 is 11.6 Å². The van der Waals surface area contributed by atoms with Crippen LogP contribution in [0.5, 0.6) is 0 Å². The maximum Gasteiger partial charge on any atom is 0.428 e. The minimum absolute atomic E-state index is 0.0558. The van der Waals surface area contributed by atoms with E-state index in [9.17, 15) is 9.59 Å². The molecule has 2 aromatic rings. The summed E-state index contributed by atoms with van der Waals surface area (Å²) >= 11 is 5.70. The van der Waals surface area contributed by atoms with Crippen molar-refractivity contribution in [3.63, 3.8) is 0 Å². The molecule has 0 bridgehead atoms. The minimum Gasteiger partial charge on any atom is -0.435 e. The van der Waals surface area contributed by atoms with E-state index >= 15 is 0 Å². The van der Waals surface area contributed by atoms with Gasteiger partial charge >= 0.3 is 6.09 Å². The summed E-state index contributed by atoms with van der Waals surface area (Å²) in [4.78, 5) is 28.6. The monoisotopic (exact) mass is 445 g/mol. The third-order valence-corrected chi connectivity index (χ3v) is 6.10. The Morgan fingerprint density at radius 1 is 1.42 bits per heavy atom. The average molecular weight is 446 g/mol. The van der Waals surface area contributed by atoms with Gasteiger partial charge in [-0.1, -0.05) is 16.8 Å². The molecule has 31 heavy (non-hydrogen) atoms. The van der Waals surface area contributed by atoms with Gasteiger partial charge in [-0.25, -0.2) is 10.2 Å². The van der Waals surface area contributed by atoms with Crippen LogP contribution in [0, 0.1) is 12.8 Å². The highest BCUT2D eigenvalue weighted by Crippen LogP contribution is 2.40. The molecule has 9 nitrogen and oxygen atoms in total. The number of hydrogen-bond acceptors (Lipinski definition) is 7. The van der Waals surface area contributed by atoms with Crippen LogP contribution in [0.3, 0.4) is 0 Å². The maximum absolute atomic E-state index is 12.2. The van der Waals surface area contributed by atoms with Crippen LogP contribution < -0.4 is 10.7 Å². The molecule has 0 radical (unpaired) electrons. The van der Waals surface area contributed by atoms with Crippen molar-refractivity contribution >= 4 is 29.3 Å². The van der Waals surface area contributed by atoms with Crippen LogP contribution in [0.15, 0.2) is 34.0 Å². The number of carbonyl (C=O) groups excluding carboxylic acids is 2. The Kier molecular flexibility index (Phi) is 5.95. The molecule has 0 saturated heterocycles. The summed E-state index contributed by atoms with van der Waals surface area (Å²) in [6.07, 6.45) is 5.02. The fourth-order valence-electron chi connectivity index (χ4n) is 4.43. The molecule has 2 aromatic heterocycles. The van der Waals surface area contributed by atoms with Crippen LogP contribution in [0.4, 0.5) is 4.79 Å². The van der Waals surface area contributed by atoms with Gasteiger partial charge in [0.05, 0.1) is 0 Å². The van der Waals surface area contributed by atoms with E-state index in [1.807, 2.05) is 26.0 Å². The highest BCUT2D eigenvalue weighted by atomic mass is 35.5. The smallest absolute Gasteiger partial charge is 0.428 e. The summed E-state index contributed by atoms with van der Waals surface area (Å²) in [5, 5.41) is 10.9. The molecule has 1 spiro atoms. The van der Waals surface area contributed by atoms with Crippen molar-refractivity contribution in [3.05, 3.63) is 46.6 Å². The van der Waals surface area contributed by atoms with Crippen molar-refractivity contribution in [2.75, 3.05) is 0 Å². The molecule has 164 valence electrons. The predicted octanol–water partition coefficient (Wildman–Crippen LogP) is 3.61. The highest BCUT2D eigenvalue weighted by Gasteiger charge is 2.46. The van der Waals surface area contributed by atoms with Crippen molar-refractivity contribution in [2.45, 2.75) is 57.6 Å². The van der Waals surface area contributed by atoms with Gasteiger partial charge in [-0.15, -0.1) is 0 Å². The zero-order valence-corrected chi connectivity index (χ0v) is 18.1. The van der Waals surface area contributed by atoms with E-state index < -0.39 is 11.7 Å². The number of hydrazone groups is 1. The van der Waals surface area contributed by atoms with E-state index in [-0.39, 0.29) is 22.9 Å². The van der Waals surface area contributed by atoms with E-state index in [1.54, 1.807) is 6.20 Å². The molecule has 3 heterocycles. The molecular formula is C21H24ClN5O4. The van der Waals surface area contributed by atoms with Crippen LogP contribution in [0.25, 0.3) is 0 Å². The van der Waals surface area contributed by atoms with Gasteiger partial charge in [0.15, 0.2) is 10.8 Å². The van der Waals surface area contributed by atoms with Gasteiger partial charge in [0, 0.05) is 29.6 Å². The molecule has 10 heteroatoms. The third-order valence-electron chi connectivity index (χ3n) is 5.92. The molecule has 0 unspecified atom stereocenters. The van der Waals surface area contributed by atoms with E-state index in [0.29, 0.717) is 18.8 Å². The van der Waals surface area contributed by atoms with Gasteiger partial charge < -0.3 is 14.6 Å². The lowest BCUT2D eigenvalue weighted by molar-refractivity contribution is 0.0153. The number of aryl methyl sites for hydroxylation is 1. The van der Waals surface area contributed by atoms with Gasteiger partial charge in [-0.2, -0.15) is 5.10 Å². The number of halogens is 1. The summed E-state index contributed by atoms with van der Waals surface area (Å²) in [7, 11) is 0. The lowest BCUT2D eigenvalue weighted by atomic mass is 9.72. The Morgan fingerprint density at radius 3 is 2.87 bits per heavy atom. The Labute approximate surface area is 184 Å². The van der Waals surface area contributed by atoms with E-state index in [0.717, 1.165) is 36.2 Å². The Bertz CT molecular complexity index is 1010. The Morgan fingerprint density at radius 2 is 2.19 bits per heavy atom. The standard InChI is InChI=1S/C21H24ClN5O4/c1-12(24-19(28)16-11-17(22)27-31-16)10-14-5-7-21(8-6-14)18(25-26-20(29)30-21)15-4-3-9-23-13(15)2/h3-4,9,11-12,14H,5-8,10H2,1-2H3,(H,24,28)(H,26,29)/t12-,14?,21?/m0/s1. The first kappa shape index (κ1) is 21.3. The zero-order valence-electron chi connectivity index (χ0n) is 17.4. The Hall–Kier alpha value is -2.94. The molecule has 1 aliphatic heterocycles. The quantitative estimate of drug-likeness (QED) is 0.725. The molecule has 1 aliphatic carbocycles. The molecule has 2 N–H and O–H groups in total. The van der Waals surface area contributed by atoms with E-state index in [2.05, 4.69) is 26.0 Å². The lowest BCUT2D eigenvalue weighted by Crippen LogP contribution is -2.52. The Balaban J connectivity index is 1.40.